The number of aliphatic hydroxyl groups is 1. The lowest BCUT2D eigenvalue weighted by Gasteiger charge is -2.07. The van der Waals surface area contributed by atoms with Crippen LogP contribution < -0.4 is 5.32 Å². The first-order chi connectivity index (χ1) is 6.63. The van der Waals surface area contributed by atoms with E-state index in [1.807, 2.05) is 12.1 Å². The number of aliphatic hydroxyl groups excluding tert-OH is 1. The van der Waals surface area contributed by atoms with Gasteiger partial charge in [-0.15, -0.1) is 0 Å². The largest absolute Gasteiger partial charge is 0.374 e. The van der Waals surface area contributed by atoms with E-state index in [2.05, 4.69) is 21.2 Å². The van der Waals surface area contributed by atoms with E-state index in [0.717, 1.165) is 10.9 Å². The molecule has 1 unspecified atom stereocenters. The van der Waals surface area contributed by atoms with Crippen molar-refractivity contribution in [3.8, 4) is 0 Å². The highest BCUT2D eigenvalue weighted by Crippen LogP contribution is 2.07. The van der Waals surface area contributed by atoms with Crippen LogP contribution in [0.4, 0.5) is 0 Å². The van der Waals surface area contributed by atoms with Gasteiger partial charge in [0.2, 0.25) is 0 Å². The normalized spacial score (nSPS) is 12.2. The Balaban J connectivity index is 2.71. The summed E-state index contributed by atoms with van der Waals surface area (Å²) in [5.74, 6) is -0.263. The van der Waals surface area contributed by atoms with Crippen LogP contribution in [-0.4, -0.2) is 17.2 Å². The molecule has 1 rings (SSSR count). The molecular formula is C10H12BrNO2. The van der Waals surface area contributed by atoms with Crippen LogP contribution in [0.1, 0.15) is 22.8 Å². The smallest absolute Gasteiger partial charge is 0.253 e. The molecule has 1 atom stereocenters. The minimum Gasteiger partial charge on any atom is -0.374 e. The average molecular weight is 258 g/mol. The van der Waals surface area contributed by atoms with Crippen molar-refractivity contribution < 1.29 is 9.90 Å². The molecule has 2 N–H and O–H groups in total. The van der Waals surface area contributed by atoms with Gasteiger partial charge in [0.05, 0.1) is 0 Å². The maximum atomic E-state index is 11.4. The first-order valence-corrected chi connectivity index (χ1v) is 5.39. The number of hydrogen-bond donors (Lipinski definition) is 2. The number of amides is 1. The molecular weight excluding hydrogens is 246 g/mol. The van der Waals surface area contributed by atoms with Crippen LogP contribution in [0.25, 0.3) is 0 Å². The summed E-state index contributed by atoms with van der Waals surface area (Å²) in [7, 11) is 0. The zero-order valence-corrected chi connectivity index (χ0v) is 9.41. The molecule has 0 bridgehead atoms. The molecule has 0 heterocycles. The third-order valence-electron chi connectivity index (χ3n) is 1.71. The van der Waals surface area contributed by atoms with Gasteiger partial charge in [-0.3, -0.25) is 4.79 Å². The van der Waals surface area contributed by atoms with Gasteiger partial charge in [-0.25, -0.2) is 0 Å². The van der Waals surface area contributed by atoms with Gasteiger partial charge in [-0.05, 0) is 24.6 Å². The van der Waals surface area contributed by atoms with Gasteiger partial charge in [0.1, 0.15) is 6.23 Å². The molecule has 0 aliphatic heterocycles. The summed E-state index contributed by atoms with van der Waals surface area (Å²) >= 11 is 3.32. The van der Waals surface area contributed by atoms with Crippen LogP contribution in [0, 0.1) is 0 Å². The van der Waals surface area contributed by atoms with Gasteiger partial charge in [0.25, 0.3) is 5.91 Å². The van der Waals surface area contributed by atoms with E-state index in [9.17, 15) is 4.79 Å². The maximum Gasteiger partial charge on any atom is 0.253 e. The highest BCUT2D eigenvalue weighted by molar-refractivity contribution is 9.08. The molecule has 0 aromatic heterocycles. The van der Waals surface area contributed by atoms with Crippen molar-refractivity contribution in [2.24, 2.45) is 0 Å². The van der Waals surface area contributed by atoms with E-state index < -0.39 is 6.23 Å². The zero-order valence-electron chi connectivity index (χ0n) is 7.83. The van der Waals surface area contributed by atoms with Crippen LogP contribution in [0.5, 0.6) is 0 Å². The van der Waals surface area contributed by atoms with Crippen molar-refractivity contribution in [3.63, 3.8) is 0 Å². The Morgan fingerprint density at radius 2 is 2.07 bits per heavy atom. The van der Waals surface area contributed by atoms with E-state index >= 15 is 0 Å². The second kappa shape index (κ2) is 5.12. The second-order valence-electron chi connectivity index (χ2n) is 2.98. The molecule has 4 heteroatoms. The van der Waals surface area contributed by atoms with E-state index in [1.54, 1.807) is 12.1 Å². The Morgan fingerprint density at radius 3 is 2.50 bits per heavy atom. The van der Waals surface area contributed by atoms with Crippen LogP contribution in [0.15, 0.2) is 24.3 Å². The van der Waals surface area contributed by atoms with Gasteiger partial charge in [-0.1, -0.05) is 28.1 Å². The Morgan fingerprint density at radius 1 is 1.50 bits per heavy atom. The summed E-state index contributed by atoms with van der Waals surface area (Å²) in [5.41, 5.74) is 1.66. The number of carbonyl (C=O) groups is 1. The zero-order chi connectivity index (χ0) is 10.6. The molecule has 3 nitrogen and oxygen atoms in total. The molecule has 1 amide bonds. The summed E-state index contributed by atoms with van der Waals surface area (Å²) < 4.78 is 0. The number of benzene rings is 1. The fourth-order valence-corrected chi connectivity index (χ4v) is 1.39. The number of nitrogens with one attached hydrogen (secondary N) is 1. The lowest BCUT2D eigenvalue weighted by atomic mass is 10.1. The molecule has 0 radical (unpaired) electrons. The molecule has 1 aromatic carbocycles. The van der Waals surface area contributed by atoms with Gasteiger partial charge in [0, 0.05) is 10.9 Å². The van der Waals surface area contributed by atoms with Crippen LogP contribution in [-0.2, 0) is 5.33 Å². The van der Waals surface area contributed by atoms with E-state index in [1.165, 1.54) is 6.92 Å². The minimum atomic E-state index is -0.821. The quantitative estimate of drug-likeness (QED) is 0.639. The Labute approximate surface area is 91.3 Å². The molecule has 0 aliphatic carbocycles. The molecule has 76 valence electrons. The third-order valence-corrected chi connectivity index (χ3v) is 2.36. The van der Waals surface area contributed by atoms with Gasteiger partial charge < -0.3 is 10.4 Å². The fourth-order valence-electron chi connectivity index (χ4n) is 1.02. The van der Waals surface area contributed by atoms with Crippen LogP contribution in [0.2, 0.25) is 0 Å². The standard InChI is InChI=1S/C10H12BrNO2/c1-7(13)12-10(14)9-4-2-8(6-11)3-5-9/h2-5,7,13H,6H2,1H3,(H,12,14). The lowest BCUT2D eigenvalue weighted by Crippen LogP contribution is -2.31. The maximum absolute atomic E-state index is 11.4. The van der Waals surface area contributed by atoms with Crippen molar-refractivity contribution in [1.29, 1.82) is 0 Å². The fraction of sp³-hybridized carbons (Fsp3) is 0.300. The number of hydrogen-bond acceptors (Lipinski definition) is 2. The highest BCUT2D eigenvalue weighted by Gasteiger charge is 2.06. The highest BCUT2D eigenvalue weighted by atomic mass is 79.9. The van der Waals surface area contributed by atoms with E-state index in [4.69, 9.17) is 5.11 Å². The summed E-state index contributed by atoms with van der Waals surface area (Å²) in [4.78, 5) is 11.4. The summed E-state index contributed by atoms with van der Waals surface area (Å²) in [5, 5.41) is 12.1. The second-order valence-corrected chi connectivity index (χ2v) is 3.54. The summed E-state index contributed by atoms with van der Waals surface area (Å²) in [6.45, 7) is 1.50. The minimum absolute atomic E-state index is 0.263. The van der Waals surface area contributed by atoms with E-state index in [-0.39, 0.29) is 5.91 Å². The average Bonchev–Trinajstić information content (AvgIpc) is 2.17. The molecule has 0 spiro atoms. The molecule has 0 saturated heterocycles. The number of rotatable bonds is 3. The summed E-state index contributed by atoms with van der Waals surface area (Å²) in [6.07, 6.45) is -0.821. The lowest BCUT2D eigenvalue weighted by molar-refractivity contribution is 0.0819. The molecule has 0 fully saturated rings. The van der Waals surface area contributed by atoms with E-state index in [0.29, 0.717) is 5.56 Å². The van der Waals surface area contributed by atoms with Gasteiger partial charge in [0.15, 0.2) is 0 Å². The Bertz CT molecular complexity index is 308. The van der Waals surface area contributed by atoms with Crippen molar-refractivity contribution in [2.45, 2.75) is 18.5 Å². The molecule has 1 aromatic rings. The van der Waals surface area contributed by atoms with Gasteiger partial charge >= 0.3 is 0 Å². The van der Waals surface area contributed by atoms with Crippen LogP contribution in [0.3, 0.4) is 0 Å². The number of halogens is 1. The first kappa shape index (κ1) is 11.2. The Kier molecular flexibility index (Phi) is 4.10. The summed E-state index contributed by atoms with van der Waals surface area (Å²) in [6, 6.07) is 7.19. The van der Waals surface area contributed by atoms with Crippen molar-refractivity contribution in [3.05, 3.63) is 35.4 Å². The van der Waals surface area contributed by atoms with Crippen molar-refractivity contribution in [1.82, 2.24) is 5.32 Å². The first-order valence-electron chi connectivity index (χ1n) is 4.27. The molecule has 0 saturated carbocycles. The monoisotopic (exact) mass is 257 g/mol. The Hall–Kier alpha value is -0.870. The predicted molar refractivity (Wildman–Crippen MR) is 58.2 cm³/mol. The molecule has 0 aliphatic rings. The van der Waals surface area contributed by atoms with Crippen molar-refractivity contribution in [2.75, 3.05) is 0 Å². The van der Waals surface area contributed by atoms with Crippen molar-refractivity contribution >= 4 is 21.8 Å². The molecule has 14 heavy (non-hydrogen) atoms. The third kappa shape index (κ3) is 3.12. The van der Waals surface area contributed by atoms with Crippen LogP contribution >= 0.6 is 15.9 Å². The SMILES string of the molecule is CC(O)NC(=O)c1ccc(CBr)cc1. The number of carbonyl (C=O) groups excluding carboxylic acids is 1. The number of alkyl halides is 1. The topological polar surface area (TPSA) is 49.3 Å². The van der Waals surface area contributed by atoms with Gasteiger partial charge in [-0.2, -0.15) is 0 Å². The predicted octanol–water partition coefficient (Wildman–Crippen LogP) is 1.65.